The molecule has 0 bridgehead atoms. The molecule has 0 aliphatic heterocycles. The van der Waals surface area contributed by atoms with Crippen molar-refractivity contribution in [1.82, 2.24) is 0 Å². The van der Waals surface area contributed by atoms with Gasteiger partial charge in [-0.25, -0.2) is 30.7 Å². The first kappa shape index (κ1) is 18.9. The second-order valence-electron chi connectivity index (χ2n) is 4.35. The van der Waals surface area contributed by atoms with E-state index in [9.17, 15) is 39.5 Å². The highest BCUT2D eigenvalue weighted by atomic mass is 19.2. The normalized spacial score (nSPS) is 11.0. The smallest absolute Gasteiger partial charge is 0.507 e. The lowest BCUT2D eigenvalue weighted by Gasteiger charge is -2.14. The molecule has 0 radical (unpaired) electrons. The summed E-state index contributed by atoms with van der Waals surface area (Å²) in [5, 5.41) is 16.8. The van der Waals surface area contributed by atoms with Gasteiger partial charge in [-0.15, -0.1) is 0 Å². The van der Waals surface area contributed by atoms with Crippen LogP contribution in [0.1, 0.15) is 0 Å². The van der Waals surface area contributed by atoms with E-state index in [1.54, 1.807) is 0 Å². The average Bonchev–Trinajstić information content (AvgIpc) is 2.56. The molecule has 2 aromatic carbocycles. The second kappa shape index (κ2) is 6.48. The van der Waals surface area contributed by atoms with Gasteiger partial charge in [0.2, 0.25) is 17.5 Å². The number of rotatable bonds is 3. The van der Waals surface area contributed by atoms with Gasteiger partial charge in [0.25, 0.3) is 0 Å². The first-order valence-electron chi connectivity index (χ1n) is 5.91. The lowest BCUT2D eigenvalue weighted by atomic mass is 10.0. The molecule has 0 aromatic heterocycles. The molecule has 3 nitrogen and oxygen atoms in total. The van der Waals surface area contributed by atoms with Crippen LogP contribution in [0.4, 0.5) is 39.5 Å². The van der Waals surface area contributed by atoms with Crippen LogP contribution >= 0.6 is 0 Å². The molecule has 0 heterocycles. The Labute approximate surface area is 132 Å². The van der Waals surface area contributed by atoms with E-state index in [4.69, 9.17) is 10.0 Å². The van der Waals surface area contributed by atoms with Gasteiger partial charge < -0.3 is 14.7 Å². The monoisotopic (exact) mass is 376 g/mol. The average molecular weight is 376 g/mol. The Morgan fingerprint density at radius 2 is 0.760 bits per heavy atom. The summed E-state index contributed by atoms with van der Waals surface area (Å²) in [6.07, 6.45) is 0. The molecule has 0 aliphatic carbocycles. The van der Waals surface area contributed by atoms with E-state index in [0.29, 0.717) is 0 Å². The fourth-order valence-electron chi connectivity index (χ4n) is 1.86. The largest absolute Gasteiger partial charge is 0.707 e. The summed E-state index contributed by atoms with van der Waals surface area (Å²) in [6.45, 7) is 0. The van der Waals surface area contributed by atoms with Gasteiger partial charge in [-0.3, -0.25) is 0 Å². The standard InChI is InChI=1S/C12H2BF9O3/c14-3-1(4(15)8(19)9(20)7(3)18)2-5(16)10(21)12(25-13(23)24)11(22)6(2)17/h23-24H. The summed E-state index contributed by atoms with van der Waals surface area (Å²) >= 11 is 0. The quantitative estimate of drug-likeness (QED) is 0.375. The van der Waals surface area contributed by atoms with Crippen molar-refractivity contribution in [2.24, 2.45) is 0 Å². The molecule has 134 valence electrons. The second-order valence-corrected chi connectivity index (χ2v) is 4.35. The van der Waals surface area contributed by atoms with Crippen molar-refractivity contribution in [3.05, 3.63) is 52.4 Å². The summed E-state index contributed by atoms with van der Waals surface area (Å²) in [7, 11) is -2.94. The van der Waals surface area contributed by atoms with E-state index in [0.717, 1.165) is 0 Å². The minimum atomic E-state index is -2.94. The molecule has 2 rings (SSSR count). The third-order valence-corrected chi connectivity index (χ3v) is 2.91. The van der Waals surface area contributed by atoms with Crippen molar-refractivity contribution in [2.45, 2.75) is 0 Å². The molecule has 0 spiro atoms. The molecular weight excluding hydrogens is 374 g/mol. The fraction of sp³-hybridized carbons (Fsp3) is 0. The molecule has 0 fully saturated rings. The molecule has 25 heavy (non-hydrogen) atoms. The van der Waals surface area contributed by atoms with Crippen LogP contribution in [-0.2, 0) is 0 Å². The van der Waals surface area contributed by atoms with E-state index in [2.05, 4.69) is 4.65 Å². The SMILES string of the molecule is OB(O)Oc1c(F)c(F)c(-c2c(F)c(F)c(F)c(F)c2F)c(F)c1F. The van der Waals surface area contributed by atoms with Crippen molar-refractivity contribution in [1.29, 1.82) is 0 Å². The molecule has 0 atom stereocenters. The van der Waals surface area contributed by atoms with Crippen molar-refractivity contribution >= 4 is 7.32 Å². The third kappa shape index (κ3) is 2.89. The zero-order valence-electron chi connectivity index (χ0n) is 11.3. The minimum Gasteiger partial charge on any atom is -0.507 e. The van der Waals surface area contributed by atoms with Crippen molar-refractivity contribution in [3.63, 3.8) is 0 Å². The highest BCUT2D eigenvalue weighted by Crippen LogP contribution is 2.39. The number of benzene rings is 2. The molecule has 0 amide bonds. The van der Waals surface area contributed by atoms with E-state index in [1.165, 1.54) is 0 Å². The fourth-order valence-corrected chi connectivity index (χ4v) is 1.86. The van der Waals surface area contributed by atoms with Crippen LogP contribution in [0.15, 0.2) is 0 Å². The van der Waals surface area contributed by atoms with Gasteiger partial charge >= 0.3 is 7.32 Å². The predicted molar refractivity (Wildman–Crippen MR) is 62.3 cm³/mol. The molecule has 2 aromatic rings. The van der Waals surface area contributed by atoms with E-state index >= 15 is 0 Å². The highest BCUT2D eigenvalue weighted by Gasteiger charge is 2.35. The third-order valence-electron chi connectivity index (χ3n) is 2.91. The van der Waals surface area contributed by atoms with Gasteiger partial charge in [-0.05, 0) is 0 Å². The highest BCUT2D eigenvalue weighted by molar-refractivity contribution is 6.33. The van der Waals surface area contributed by atoms with Crippen LogP contribution in [0.5, 0.6) is 5.75 Å². The zero-order valence-corrected chi connectivity index (χ0v) is 11.3. The lowest BCUT2D eigenvalue weighted by Crippen LogP contribution is -2.23. The maximum absolute atomic E-state index is 13.9. The van der Waals surface area contributed by atoms with E-state index in [-0.39, 0.29) is 0 Å². The van der Waals surface area contributed by atoms with Crippen molar-refractivity contribution < 1.29 is 54.2 Å². The van der Waals surface area contributed by atoms with Gasteiger partial charge in [0, 0.05) is 0 Å². The van der Waals surface area contributed by atoms with Crippen LogP contribution in [0, 0.1) is 52.4 Å². The van der Waals surface area contributed by atoms with Gasteiger partial charge in [-0.2, -0.15) is 8.78 Å². The topological polar surface area (TPSA) is 49.7 Å². The minimum absolute atomic E-state index is 2.03. The Morgan fingerprint density at radius 1 is 0.480 bits per heavy atom. The Balaban J connectivity index is 2.92. The summed E-state index contributed by atoms with van der Waals surface area (Å²) < 4.78 is 125. The predicted octanol–water partition coefficient (Wildman–Crippen LogP) is 2.95. The maximum Gasteiger partial charge on any atom is 0.707 e. The lowest BCUT2D eigenvalue weighted by molar-refractivity contribution is 0.268. The number of hydrogen-bond donors (Lipinski definition) is 2. The van der Waals surface area contributed by atoms with Gasteiger partial charge in [0.05, 0.1) is 11.1 Å². The zero-order chi connectivity index (χ0) is 19.2. The van der Waals surface area contributed by atoms with Crippen LogP contribution in [0.3, 0.4) is 0 Å². The molecule has 0 aliphatic rings. The molecule has 0 saturated carbocycles. The van der Waals surface area contributed by atoms with Crippen LogP contribution < -0.4 is 4.65 Å². The number of hydrogen-bond acceptors (Lipinski definition) is 3. The van der Waals surface area contributed by atoms with Crippen molar-refractivity contribution in [3.8, 4) is 16.9 Å². The summed E-state index contributed by atoms with van der Waals surface area (Å²) in [6, 6.07) is 0. The van der Waals surface area contributed by atoms with E-state index < -0.39 is 76.6 Å². The number of halogens is 9. The van der Waals surface area contributed by atoms with Crippen LogP contribution in [0.25, 0.3) is 11.1 Å². The Morgan fingerprint density at radius 3 is 1.08 bits per heavy atom. The van der Waals surface area contributed by atoms with Crippen LogP contribution in [0.2, 0.25) is 0 Å². The Hall–Kier alpha value is -2.41. The van der Waals surface area contributed by atoms with E-state index in [1.807, 2.05) is 0 Å². The maximum atomic E-state index is 13.9. The van der Waals surface area contributed by atoms with Crippen molar-refractivity contribution in [2.75, 3.05) is 0 Å². The summed E-state index contributed by atoms with van der Waals surface area (Å²) in [5.74, 6) is -25.6. The first-order chi connectivity index (χ1) is 11.5. The van der Waals surface area contributed by atoms with Gasteiger partial charge in [-0.1, -0.05) is 0 Å². The Kier molecular flexibility index (Phi) is 4.91. The molecule has 0 unspecified atom stereocenters. The Bertz CT molecular complexity index is 814. The summed E-state index contributed by atoms with van der Waals surface area (Å²) in [5.41, 5.74) is -4.51. The molecule has 2 N–H and O–H groups in total. The molecule has 13 heteroatoms. The first-order valence-corrected chi connectivity index (χ1v) is 5.91. The van der Waals surface area contributed by atoms with Crippen LogP contribution in [-0.4, -0.2) is 17.4 Å². The van der Waals surface area contributed by atoms with Gasteiger partial charge in [0.1, 0.15) is 0 Å². The summed E-state index contributed by atoms with van der Waals surface area (Å²) in [4.78, 5) is 0. The van der Waals surface area contributed by atoms with Gasteiger partial charge in [0.15, 0.2) is 40.7 Å². The molecular formula is C12H2BF9O3. The molecule has 0 saturated heterocycles.